The first-order valence-corrected chi connectivity index (χ1v) is 4.55. The summed E-state index contributed by atoms with van der Waals surface area (Å²) in [5.41, 5.74) is 0. The predicted octanol–water partition coefficient (Wildman–Crippen LogP) is -0.721. The van der Waals surface area contributed by atoms with E-state index < -0.39 is 0 Å². The highest BCUT2D eigenvalue weighted by atomic mass is 16.1. The molecule has 7 heteroatoms. The molecule has 1 fully saturated rings. The van der Waals surface area contributed by atoms with Gasteiger partial charge in [0.05, 0.1) is 0 Å². The van der Waals surface area contributed by atoms with Gasteiger partial charge in [-0.05, 0) is 18.6 Å². The van der Waals surface area contributed by atoms with Crippen LogP contribution >= 0.6 is 0 Å². The molecule has 14 heavy (non-hydrogen) atoms. The Hall–Kier alpha value is -1.66. The molecule has 7 nitrogen and oxygen atoms in total. The van der Waals surface area contributed by atoms with Crippen molar-refractivity contribution in [3.8, 4) is 0 Å². The molecule has 1 aliphatic heterocycles. The van der Waals surface area contributed by atoms with Gasteiger partial charge in [-0.1, -0.05) is 5.10 Å². The zero-order valence-corrected chi connectivity index (χ0v) is 7.82. The van der Waals surface area contributed by atoms with E-state index in [0.29, 0.717) is 12.4 Å². The van der Waals surface area contributed by atoms with Gasteiger partial charge in [-0.15, -0.1) is 5.10 Å². The number of nitrogens with one attached hydrogen (secondary N) is 3. The van der Waals surface area contributed by atoms with Gasteiger partial charge in [0.1, 0.15) is 0 Å². The zero-order chi connectivity index (χ0) is 9.97. The number of nitrogens with zero attached hydrogens (tertiary/aromatic N) is 3. The van der Waals surface area contributed by atoms with E-state index in [2.05, 4.69) is 31.3 Å². The van der Waals surface area contributed by atoms with Gasteiger partial charge in [0.25, 0.3) is 5.95 Å². The molecule has 3 N–H and O–H groups in total. The summed E-state index contributed by atoms with van der Waals surface area (Å²) in [5.74, 6) is 0.571. The second kappa shape index (κ2) is 3.60. The van der Waals surface area contributed by atoms with E-state index in [4.69, 9.17) is 0 Å². The highest BCUT2D eigenvalue weighted by Crippen LogP contribution is 2.12. The minimum absolute atomic E-state index is 0.0924. The topological polar surface area (TPSA) is 95.6 Å². The number of carbonyl (C=O) groups excluding carboxylic acids is 1. The fraction of sp³-hybridized carbons (Fsp3) is 0.714. The Morgan fingerprint density at radius 3 is 3.07 bits per heavy atom. The number of carbonyl (C=O) groups is 1. The largest absolute Gasteiger partial charge is 0.352 e. The normalized spacial score (nSPS) is 27.1. The molecule has 2 atom stereocenters. The minimum Gasteiger partial charge on any atom is -0.352 e. The number of hydrogen-bond donors (Lipinski definition) is 3. The maximum Gasteiger partial charge on any atom is 0.263 e. The van der Waals surface area contributed by atoms with Crippen molar-refractivity contribution in [1.29, 1.82) is 0 Å². The Morgan fingerprint density at radius 1 is 1.57 bits per heavy atom. The third-order valence-electron chi connectivity index (χ3n) is 2.33. The molecule has 0 aliphatic carbocycles. The number of anilines is 1. The molecule has 2 unspecified atom stereocenters. The molecule has 0 aromatic carbocycles. The van der Waals surface area contributed by atoms with Crippen molar-refractivity contribution in [1.82, 2.24) is 25.9 Å². The Kier molecular flexibility index (Phi) is 2.30. The van der Waals surface area contributed by atoms with Crippen molar-refractivity contribution in [3.05, 3.63) is 0 Å². The molecule has 1 aromatic rings. The van der Waals surface area contributed by atoms with Crippen LogP contribution in [0.25, 0.3) is 0 Å². The second-order valence-electron chi connectivity index (χ2n) is 3.38. The zero-order valence-electron chi connectivity index (χ0n) is 7.82. The van der Waals surface area contributed by atoms with Crippen LogP contribution in [0.15, 0.2) is 0 Å². The maximum absolute atomic E-state index is 11.0. The summed E-state index contributed by atoms with van der Waals surface area (Å²) in [4.78, 5) is 11.0. The van der Waals surface area contributed by atoms with Crippen LogP contribution in [0.2, 0.25) is 0 Å². The average molecular weight is 196 g/mol. The van der Waals surface area contributed by atoms with Crippen molar-refractivity contribution < 1.29 is 4.79 Å². The number of hydrogen-bond acceptors (Lipinski definition) is 5. The van der Waals surface area contributed by atoms with Gasteiger partial charge in [-0.2, -0.15) is 5.21 Å². The fourth-order valence-corrected chi connectivity index (χ4v) is 1.55. The number of aromatic nitrogens is 4. The molecule has 2 heterocycles. The maximum atomic E-state index is 11.0. The highest BCUT2D eigenvalue weighted by molar-refractivity contribution is 5.77. The Bertz CT molecular complexity index is 310. The van der Waals surface area contributed by atoms with Crippen molar-refractivity contribution >= 4 is 11.9 Å². The molecule has 0 bridgehead atoms. The van der Waals surface area contributed by atoms with Crippen LogP contribution in [0.4, 0.5) is 5.95 Å². The summed E-state index contributed by atoms with van der Waals surface area (Å²) < 4.78 is 0. The smallest absolute Gasteiger partial charge is 0.263 e. The van der Waals surface area contributed by atoms with E-state index in [1.807, 2.05) is 6.92 Å². The molecule has 0 saturated carbocycles. The van der Waals surface area contributed by atoms with Gasteiger partial charge in [-0.25, -0.2) is 0 Å². The molecule has 1 aliphatic rings. The molecular formula is C7H12N6O. The van der Waals surface area contributed by atoms with Gasteiger partial charge in [-0.3, -0.25) is 4.79 Å². The van der Waals surface area contributed by atoms with Crippen LogP contribution in [-0.4, -0.2) is 38.6 Å². The molecule has 2 rings (SSSR count). The van der Waals surface area contributed by atoms with E-state index in [0.717, 1.165) is 6.42 Å². The van der Waals surface area contributed by atoms with Crippen LogP contribution in [0.5, 0.6) is 0 Å². The van der Waals surface area contributed by atoms with E-state index in [1.165, 1.54) is 0 Å². The third-order valence-corrected chi connectivity index (χ3v) is 2.33. The quantitative estimate of drug-likeness (QED) is 0.580. The first-order valence-electron chi connectivity index (χ1n) is 4.55. The standard InChI is InChI=1S/C7H12N6O/c1-4-5(2-3-6(14)8-4)9-7-10-12-13-11-7/h4-5H,2-3H2,1H3,(H,8,14)(H2,9,10,11,12,13). The number of H-pyrrole nitrogens is 1. The van der Waals surface area contributed by atoms with Crippen LogP contribution in [0.3, 0.4) is 0 Å². The lowest BCUT2D eigenvalue weighted by Gasteiger charge is -2.29. The minimum atomic E-state index is 0.0924. The van der Waals surface area contributed by atoms with E-state index >= 15 is 0 Å². The number of amides is 1. The van der Waals surface area contributed by atoms with Crippen LogP contribution in [0.1, 0.15) is 19.8 Å². The molecule has 1 aromatic heterocycles. The molecule has 1 saturated heterocycles. The van der Waals surface area contributed by atoms with Gasteiger partial charge in [0, 0.05) is 18.5 Å². The lowest BCUT2D eigenvalue weighted by Crippen LogP contribution is -2.49. The van der Waals surface area contributed by atoms with Crippen molar-refractivity contribution in [3.63, 3.8) is 0 Å². The summed E-state index contributed by atoms with van der Waals surface area (Å²) in [6, 6.07) is 0.264. The van der Waals surface area contributed by atoms with Crippen LogP contribution < -0.4 is 10.6 Å². The number of piperidine rings is 1. The first-order chi connectivity index (χ1) is 6.75. The summed E-state index contributed by atoms with van der Waals surface area (Å²) in [7, 11) is 0. The summed E-state index contributed by atoms with van der Waals surface area (Å²) in [6.45, 7) is 1.95. The molecule has 0 radical (unpaired) electrons. The SMILES string of the molecule is CC1NC(=O)CCC1Nc1nn[nH]n1. The molecule has 1 amide bonds. The van der Waals surface area contributed by atoms with Gasteiger partial charge < -0.3 is 10.6 Å². The lowest BCUT2D eigenvalue weighted by molar-refractivity contribution is -0.123. The average Bonchev–Trinajstić information content (AvgIpc) is 2.62. The predicted molar refractivity (Wildman–Crippen MR) is 48.4 cm³/mol. The summed E-state index contributed by atoms with van der Waals surface area (Å²) in [6.07, 6.45) is 1.33. The van der Waals surface area contributed by atoms with E-state index in [9.17, 15) is 4.79 Å². The number of tetrazole rings is 1. The van der Waals surface area contributed by atoms with Crippen LogP contribution in [-0.2, 0) is 4.79 Å². The van der Waals surface area contributed by atoms with Crippen molar-refractivity contribution in [2.24, 2.45) is 0 Å². The summed E-state index contributed by atoms with van der Waals surface area (Å²) in [5, 5.41) is 19.3. The van der Waals surface area contributed by atoms with Gasteiger partial charge >= 0.3 is 0 Å². The Balaban J connectivity index is 1.95. The fourth-order valence-electron chi connectivity index (χ4n) is 1.55. The molecular weight excluding hydrogens is 184 g/mol. The van der Waals surface area contributed by atoms with Gasteiger partial charge in [0.15, 0.2) is 0 Å². The van der Waals surface area contributed by atoms with Crippen LogP contribution in [0, 0.1) is 0 Å². The first kappa shape index (κ1) is 8.92. The Labute approximate surface area is 80.6 Å². The lowest BCUT2D eigenvalue weighted by atomic mass is 10.00. The molecule has 0 spiro atoms. The van der Waals surface area contributed by atoms with Gasteiger partial charge in [0.2, 0.25) is 5.91 Å². The van der Waals surface area contributed by atoms with E-state index in [-0.39, 0.29) is 18.0 Å². The Morgan fingerprint density at radius 2 is 2.43 bits per heavy atom. The number of rotatable bonds is 2. The monoisotopic (exact) mass is 196 g/mol. The van der Waals surface area contributed by atoms with Crippen molar-refractivity contribution in [2.75, 3.05) is 5.32 Å². The second-order valence-corrected chi connectivity index (χ2v) is 3.38. The van der Waals surface area contributed by atoms with Crippen molar-refractivity contribution in [2.45, 2.75) is 31.8 Å². The third kappa shape index (κ3) is 1.81. The number of aromatic amines is 1. The highest BCUT2D eigenvalue weighted by Gasteiger charge is 2.25. The van der Waals surface area contributed by atoms with E-state index in [1.54, 1.807) is 0 Å². The molecule has 76 valence electrons. The summed E-state index contributed by atoms with van der Waals surface area (Å²) >= 11 is 0.